The van der Waals surface area contributed by atoms with Crippen molar-refractivity contribution in [1.29, 1.82) is 0 Å². The molecular weight excluding hydrogens is 344 g/mol. The van der Waals surface area contributed by atoms with Gasteiger partial charge in [0.25, 0.3) is 0 Å². The molecule has 1 aromatic heterocycles. The van der Waals surface area contributed by atoms with E-state index in [4.69, 9.17) is 9.15 Å². The molecule has 0 aliphatic heterocycles. The molecular formula is C21H16N2O4. The number of oxazole rings is 1. The number of hydrogen-bond acceptors (Lipinski definition) is 4. The highest BCUT2D eigenvalue weighted by atomic mass is 16.5. The summed E-state index contributed by atoms with van der Waals surface area (Å²) in [4.78, 5) is 24.5. The van der Waals surface area contributed by atoms with Gasteiger partial charge in [-0.1, -0.05) is 42.5 Å². The van der Waals surface area contributed by atoms with E-state index in [-0.39, 0.29) is 12.5 Å². The Morgan fingerprint density at radius 2 is 1.63 bits per heavy atom. The monoisotopic (exact) mass is 360 g/mol. The Labute approximate surface area is 154 Å². The molecule has 0 saturated heterocycles. The van der Waals surface area contributed by atoms with Gasteiger partial charge in [-0.25, -0.2) is 4.79 Å². The quantitative estimate of drug-likeness (QED) is 0.583. The van der Waals surface area contributed by atoms with Crippen molar-refractivity contribution in [2.24, 2.45) is 0 Å². The molecule has 0 spiro atoms. The standard InChI is InChI=1S/C21H16N2O4/c24-20(14-23-17-11-5-7-13-19(17)27-21(23)25)22-16-10-4-6-12-18(16)26-15-8-2-1-3-9-15/h1-13H,14H2,(H,22,24). The summed E-state index contributed by atoms with van der Waals surface area (Å²) in [6.45, 7) is -0.157. The SMILES string of the molecule is O=C(Cn1c(=O)oc2ccccc21)Nc1ccccc1Oc1ccccc1. The van der Waals surface area contributed by atoms with E-state index in [1.807, 2.05) is 36.4 Å². The number of rotatable bonds is 5. The normalized spacial score (nSPS) is 10.7. The first kappa shape index (κ1) is 16.7. The molecule has 1 heterocycles. The van der Waals surface area contributed by atoms with Crippen molar-refractivity contribution in [3.05, 3.63) is 89.4 Å². The molecule has 6 heteroatoms. The van der Waals surface area contributed by atoms with Crippen molar-refractivity contribution in [3.8, 4) is 11.5 Å². The average molecular weight is 360 g/mol. The molecule has 4 aromatic rings. The topological polar surface area (TPSA) is 73.5 Å². The predicted molar refractivity (Wildman–Crippen MR) is 102 cm³/mol. The largest absolute Gasteiger partial charge is 0.455 e. The van der Waals surface area contributed by atoms with Crippen molar-refractivity contribution >= 4 is 22.7 Å². The van der Waals surface area contributed by atoms with Gasteiger partial charge < -0.3 is 14.5 Å². The summed E-state index contributed by atoms with van der Waals surface area (Å²) in [7, 11) is 0. The van der Waals surface area contributed by atoms with Crippen molar-refractivity contribution in [2.45, 2.75) is 6.54 Å². The number of benzene rings is 3. The predicted octanol–water partition coefficient (Wildman–Crippen LogP) is 4.03. The Bertz CT molecular complexity index is 1150. The van der Waals surface area contributed by atoms with Crippen LogP contribution in [0.3, 0.4) is 0 Å². The van der Waals surface area contributed by atoms with E-state index in [2.05, 4.69) is 5.32 Å². The summed E-state index contributed by atoms with van der Waals surface area (Å²) >= 11 is 0. The van der Waals surface area contributed by atoms with Crippen LogP contribution in [0.4, 0.5) is 5.69 Å². The molecule has 0 atom stereocenters. The molecule has 0 bridgehead atoms. The Morgan fingerprint density at radius 3 is 2.48 bits per heavy atom. The first-order valence-electron chi connectivity index (χ1n) is 8.41. The van der Waals surface area contributed by atoms with E-state index in [9.17, 15) is 9.59 Å². The van der Waals surface area contributed by atoms with Gasteiger partial charge in [-0.05, 0) is 36.4 Å². The van der Waals surface area contributed by atoms with Gasteiger partial charge in [-0.2, -0.15) is 0 Å². The van der Waals surface area contributed by atoms with Crippen LogP contribution in [0.1, 0.15) is 0 Å². The van der Waals surface area contributed by atoms with E-state index >= 15 is 0 Å². The van der Waals surface area contributed by atoms with Crippen LogP contribution in [0, 0.1) is 0 Å². The molecule has 134 valence electrons. The highest BCUT2D eigenvalue weighted by Crippen LogP contribution is 2.29. The van der Waals surface area contributed by atoms with E-state index in [0.29, 0.717) is 28.3 Å². The maximum Gasteiger partial charge on any atom is 0.420 e. The van der Waals surface area contributed by atoms with Gasteiger partial charge in [-0.3, -0.25) is 9.36 Å². The number of hydrogen-bond donors (Lipinski definition) is 1. The number of aromatic nitrogens is 1. The van der Waals surface area contributed by atoms with E-state index < -0.39 is 5.76 Å². The molecule has 27 heavy (non-hydrogen) atoms. The van der Waals surface area contributed by atoms with Crippen LogP contribution in [-0.2, 0) is 11.3 Å². The average Bonchev–Trinajstić information content (AvgIpc) is 2.99. The van der Waals surface area contributed by atoms with Gasteiger partial charge in [-0.15, -0.1) is 0 Å². The maximum atomic E-state index is 12.5. The molecule has 6 nitrogen and oxygen atoms in total. The summed E-state index contributed by atoms with van der Waals surface area (Å²) in [6.07, 6.45) is 0. The second kappa shape index (κ2) is 7.21. The molecule has 1 amide bonds. The summed E-state index contributed by atoms with van der Waals surface area (Å²) in [5.74, 6) is 0.255. The van der Waals surface area contributed by atoms with Crippen LogP contribution >= 0.6 is 0 Å². The molecule has 0 aliphatic carbocycles. The van der Waals surface area contributed by atoms with Crippen LogP contribution in [0.25, 0.3) is 11.1 Å². The minimum absolute atomic E-state index is 0.157. The lowest BCUT2D eigenvalue weighted by molar-refractivity contribution is -0.116. The van der Waals surface area contributed by atoms with Gasteiger partial charge in [0, 0.05) is 0 Å². The number of anilines is 1. The Hall–Kier alpha value is -3.80. The molecule has 3 aromatic carbocycles. The van der Waals surface area contributed by atoms with Crippen molar-refractivity contribution < 1.29 is 13.9 Å². The molecule has 4 rings (SSSR count). The van der Waals surface area contributed by atoms with E-state index in [1.54, 1.807) is 42.5 Å². The van der Waals surface area contributed by atoms with Crippen molar-refractivity contribution in [3.63, 3.8) is 0 Å². The summed E-state index contributed by atoms with van der Waals surface area (Å²) in [6, 6.07) is 23.4. The molecule has 0 saturated carbocycles. The van der Waals surface area contributed by atoms with Gasteiger partial charge in [0.05, 0.1) is 11.2 Å². The van der Waals surface area contributed by atoms with Gasteiger partial charge in [0.1, 0.15) is 12.3 Å². The smallest absolute Gasteiger partial charge is 0.420 e. The molecule has 0 radical (unpaired) electrons. The van der Waals surface area contributed by atoms with Crippen molar-refractivity contribution in [1.82, 2.24) is 4.57 Å². The van der Waals surface area contributed by atoms with Crippen LogP contribution in [0.5, 0.6) is 11.5 Å². The fourth-order valence-electron chi connectivity index (χ4n) is 2.77. The van der Waals surface area contributed by atoms with Crippen LogP contribution in [0.15, 0.2) is 88.1 Å². The minimum atomic E-state index is -0.569. The lowest BCUT2D eigenvalue weighted by Gasteiger charge is -2.12. The first-order valence-corrected chi connectivity index (χ1v) is 8.41. The third-order valence-electron chi connectivity index (χ3n) is 4.01. The number of carbonyl (C=O) groups is 1. The van der Waals surface area contributed by atoms with E-state index in [1.165, 1.54) is 4.57 Å². The Balaban J connectivity index is 1.55. The van der Waals surface area contributed by atoms with E-state index in [0.717, 1.165) is 0 Å². The minimum Gasteiger partial charge on any atom is -0.455 e. The lowest BCUT2D eigenvalue weighted by Crippen LogP contribution is -2.24. The van der Waals surface area contributed by atoms with Crippen molar-refractivity contribution in [2.75, 3.05) is 5.32 Å². The second-order valence-corrected chi connectivity index (χ2v) is 5.88. The maximum absolute atomic E-state index is 12.5. The third kappa shape index (κ3) is 3.59. The molecule has 0 fully saturated rings. The molecule has 0 unspecified atom stereocenters. The molecule has 1 N–H and O–H groups in total. The Morgan fingerprint density at radius 1 is 0.926 bits per heavy atom. The number of nitrogens with zero attached hydrogens (tertiary/aromatic N) is 1. The van der Waals surface area contributed by atoms with Crippen LogP contribution < -0.4 is 15.8 Å². The fourth-order valence-corrected chi connectivity index (χ4v) is 2.77. The number of nitrogens with one attached hydrogen (secondary N) is 1. The Kier molecular flexibility index (Phi) is 4.45. The number of fused-ring (bicyclic) bond motifs is 1. The van der Waals surface area contributed by atoms with Gasteiger partial charge in [0.15, 0.2) is 11.3 Å². The number of para-hydroxylation sites is 5. The summed E-state index contributed by atoms with van der Waals surface area (Å²) < 4.78 is 12.3. The van der Waals surface area contributed by atoms with Crippen LogP contribution in [0.2, 0.25) is 0 Å². The summed E-state index contributed by atoms with van der Waals surface area (Å²) in [5.41, 5.74) is 1.54. The molecule has 0 aliphatic rings. The number of carbonyl (C=O) groups excluding carboxylic acids is 1. The fraction of sp³-hybridized carbons (Fsp3) is 0.0476. The summed E-state index contributed by atoms with van der Waals surface area (Å²) in [5, 5.41) is 2.80. The third-order valence-corrected chi connectivity index (χ3v) is 4.01. The van der Waals surface area contributed by atoms with Gasteiger partial charge >= 0.3 is 5.76 Å². The number of amides is 1. The zero-order valence-corrected chi connectivity index (χ0v) is 14.3. The number of ether oxygens (including phenoxy) is 1. The highest BCUT2D eigenvalue weighted by molar-refractivity contribution is 5.93. The highest BCUT2D eigenvalue weighted by Gasteiger charge is 2.14. The zero-order valence-electron chi connectivity index (χ0n) is 14.3. The van der Waals surface area contributed by atoms with Crippen LogP contribution in [-0.4, -0.2) is 10.5 Å². The lowest BCUT2D eigenvalue weighted by atomic mass is 10.2. The zero-order chi connectivity index (χ0) is 18.6. The van der Waals surface area contributed by atoms with Gasteiger partial charge in [0.2, 0.25) is 5.91 Å². The second-order valence-electron chi connectivity index (χ2n) is 5.88. The first-order chi connectivity index (χ1) is 13.2.